The zero-order chi connectivity index (χ0) is 15.4. The van der Waals surface area contributed by atoms with E-state index in [0.717, 1.165) is 10.8 Å². The molecular formula is C11H22F3N3O2S. The Morgan fingerprint density at radius 2 is 1.80 bits per heavy atom. The highest BCUT2D eigenvalue weighted by atomic mass is 32.2. The van der Waals surface area contributed by atoms with Crippen LogP contribution in [0.15, 0.2) is 0 Å². The van der Waals surface area contributed by atoms with Gasteiger partial charge in [0.1, 0.15) is 6.54 Å². The SMILES string of the molecule is CC(C)NCC1CCN(S(=O)(=O)NCC(F)(F)F)CC1. The number of halogens is 3. The number of hydrogen-bond acceptors (Lipinski definition) is 3. The van der Waals surface area contributed by atoms with E-state index in [1.807, 2.05) is 13.8 Å². The fraction of sp³-hybridized carbons (Fsp3) is 1.00. The summed E-state index contributed by atoms with van der Waals surface area (Å²) in [5, 5.41) is 3.28. The Labute approximate surface area is 118 Å². The van der Waals surface area contributed by atoms with Crippen molar-refractivity contribution >= 4 is 10.2 Å². The van der Waals surface area contributed by atoms with Crippen LogP contribution in [-0.4, -0.2) is 51.1 Å². The van der Waals surface area contributed by atoms with Crippen LogP contribution in [0.1, 0.15) is 26.7 Å². The van der Waals surface area contributed by atoms with Crippen LogP contribution in [0.5, 0.6) is 0 Å². The van der Waals surface area contributed by atoms with Gasteiger partial charge in [-0.25, -0.2) is 0 Å². The zero-order valence-electron chi connectivity index (χ0n) is 11.7. The lowest BCUT2D eigenvalue weighted by molar-refractivity contribution is -0.121. The zero-order valence-corrected chi connectivity index (χ0v) is 12.5. The molecule has 0 bridgehead atoms. The second-order valence-corrected chi connectivity index (χ2v) is 7.10. The molecule has 1 rings (SSSR count). The average molecular weight is 317 g/mol. The smallest absolute Gasteiger partial charge is 0.314 e. The molecule has 0 aromatic rings. The molecule has 0 atom stereocenters. The molecule has 0 aromatic heterocycles. The Morgan fingerprint density at radius 3 is 2.25 bits per heavy atom. The second kappa shape index (κ2) is 7.06. The predicted octanol–water partition coefficient (Wildman–Crippen LogP) is 1.09. The fourth-order valence-electron chi connectivity index (χ4n) is 2.02. The highest BCUT2D eigenvalue weighted by Gasteiger charge is 2.33. The van der Waals surface area contributed by atoms with Crippen molar-refractivity contribution in [2.45, 2.75) is 38.9 Å². The lowest BCUT2D eigenvalue weighted by Gasteiger charge is -2.31. The van der Waals surface area contributed by atoms with Gasteiger partial charge in [-0.15, -0.1) is 0 Å². The predicted molar refractivity (Wildman–Crippen MR) is 70.4 cm³/mol. The van der Waals surface area contributed by atoms with Crippen molar-refractivity contribution in [2.75, 3.05) is 26.2 Å². The summed E-state index contributed by atoms with van der Waals surface area (Å²) in [6, 6.07) is 0.366. The molecule has 9 heteroatoms. The van der Waals surface area contributed by atoms with Gasteiger partial charge in [0.2, 0.25) is 0 Å². The van der Waals surface area contributed by atoms with Crippen LogP contribution in [0.4, 0.5) is 13.2 Å². The van der Waals surface area contributed by atoms with Gasteiger partial charge in [-0.1, -0.05) is 13.8 Å². The van der Waals surface area contributed by atoms with E-state index in [-0.39, 0.29) is 13.1 Å². The molecule has 0 spiro atoms. The summed E-state index contributed by atoms with van der Waals surface area (Å²) in [7, 11) is -4.03. The van der Waals surface area contributed by atoms with Gasteiger partial charge in [0, 0.05) is 19.1 Å². The van der Waals surface area contributed by atoms with Gasteiger partial charge in [0.15, 0.2) is 0 Å². The van der Waals surface area contributed by atoms with Gasteiger partial charge in [0.05, 0.1) is 0 Å². The Bertz CT molecular complexity index is 390. The van der Waals surface area contributed by atoms with Gasteiger partial charge in [-0.3, -0.25) is 0 Å². The summed E-state index contributed by atoms with van der Waals surface area (Å²) >= 11 is 0. The first-order valence-electron chi connectivity index (χ1n) is 6.65. The molecule has 120 valence electrons. The minimum absolute atomic E-state index is 0.262. The monoisotopic (exact) mass is 317 g/mol. The summed E-state index contributed by atoms with van der Waals surface area (Å²) < 4.78 is 62.2. The molecule has 1 fully saturated rings. The van der Waals surface area contributed by atoms with Crippen molar-refractivity contribution in [3.05, 3.63) is 0 Å². The number of hydrogen-bond donors (Lipinski definition) is 2. The van der Waals surface area contributed by atoms with E-state index >= 15 is 0 Å². The molecule has 20 heavy (non-hydrogen) atoms. The summed E-state index contributed by atoms with van der Waals surface area (Å²) in [5.41, 5.74) is 0. The van der Waals surface area contributed by atoms with E-state index in [0.29, 0.717) is 24.8 Å². The van der Waals surface area contributed by atoms with Crippen LogP contribution in [0, 0.1) is 5.92 Å². The molecule has 1 heterocycles. The Hall–Kier alpha value is -0.380. The van der Waals surface area contributed by atoms with E-state index in [1.165, 1.54) is 0 Å². The highest BCUT2D eigenvalue weighted by Crippen LogP contribution is 2.19. The van der Waals surface area contributed by atoms with Crippen LogP contribution in [-0.2, 0) is 10.2 Å². The van der Waals surface area contributed by atoms with Gasteiger partial charge >= 0.3 is 6.18 Å². The topological polar surface area (TPSA) is 61.4 Å². The van der Waals surface area contributed by atoms with Crippen molar-refractivity contribution in [3.8, 4) is 0 Å². The minimum atomic E-state index is -4.54. The number of nitrogens with zero attached hydrogens (tertiary/aromatic N) is 1. The fourth-order valence-corrected chi connectivity index (χ4v) is 3.24. The van der Waals surface area contributed by atoms with Crippen molar-refractivity contribution in [1.29, 1.82) is 0 Å². The van der Waals surface area contributed by atoms with Crippen LogP contribution in [0.3, 0.4) is 0 Å². The maximum absolute atomic E-state index is 12.0. The first-order valence-corrected chi connectivity index (χ1v) is 8.09. The molecule has 1 saturated heterocycles. The average Bonchev–Trinajstić information content (AvgIpc) is 2.34. The van der Waals surface area contributed by atoms with Gasteiger partial charge in [0.25, 0.3) is 10.2 Å². The van der Waals surface area contributed by atoms with Crippen LogP contribution >= 0.6 is 0 Å². The molecule has 1 aliphatic heterocycles. The lowest BCUT2D eigenvalue weighted by atomic mass is 9.98. The largest absolute Gasteiger partial charge is 0.402 e. The minimum Gasteiger partial charge on any atom is -0.314 e. The van der Waals surface area contributed by atoms with E-state index < -0.39 is 22.9 Å². The van der Waals surface area contributed by atoms with Crippen LogP contribution in [0.2, 0.25) is 0 Å². The van der Waals surface area contributed by atoms with Gasteiger partial charge in [-0.05, 0) is 25.3 Å². The normalized spacial score (nSPS) is 19.7. The van der Waals surface area contributed by atoms with Gasteiger partial charge in [-0.2, -0.15) is 30.6 Å². The summed E-state index contributed by atoms with van der Waals surface area (Å²) in [4.78, 5) is 0. The highest BCUT2D eigenvalue weighted by molar-refractivity contribution is 7.87. The molecule has 5 nitrogen and oxygen atoms in total. The lowest BCUT2D eigenvalue weighted by Crippen LogP contribution is -2.48. The van der Waals surface area contributed by atoms with Crippen molar-refractivity contribution in [3.63, 3.8) is 0 Å². The third-order valence-corrected chi connectivity index (χ3v) is 4.74. The number of alkyl halides is 3. The Balaban J connectivity index is 2.40. The molecule has 1 aliphatic rings. The molecule has 0 amide bonds. The van der Waals surface area contributed by atoms with Crippen LogP contribution < -0.4 is 10.0 Å². The Kier molecular flexibility index (Phi) is 6.24. The van der Waals surface area contributed by atoms with E-state index in [1.54, 1.807) is 4.72 Å². The number of rotatable bonds is 6. The summed E-state index contributed by atoms with van der Waals surface area (Å²) in [6.45, 7) is 3.86. The summed E-state index contributed by atoms with van der Waals surface area (Å²) in [6.07, 6.45) is -3.22. The van der Waals surface area contributed by atoms with E-state index in [2.05, 4.69) is 5.32 Å². The molecule has 0 unspecified atom stereocenters. The molecule has 0 aliphatic carbocycles. The third kappa shape index (κ3) is 6.38. The first kappa shape index (κ1) is 17.7. The first-order chi connectivity index (χ1) is 9.10. The van der Waals surface area contributed by atoms with Crippen molar-refractivity contribution in [2.24, 2.45) is 5.92 Å². The standard InChI is InChI=1S/C11H22F3N3O2S/c1-9(2)15-7-10-3-5-17(6-4-10)20(18,19)16-8-11(12,13)14/h9-10,15-16H,3-8H2,1-2H3. The maximum atomic E-state index is 12.0. The van der Waals surface area contributed by atoms with E-state index in [9.17, 15) is 21.6 Å². The molecule has 0 aromatic carbocycles. The number of nitrogens with one attached hydrogen (secondary N) is 2. The van der Waals surface area contributed by atoms with Crippen molar-refractivity contribution in [1.82, 2.24) is 14.3 Å². The molecule has 2 N–H and O–H groups in total. The van der Waals surface area contributed by atoms with Crippen molar-refractivity contribution < 1.29 is 21.6 Å². The summed E-state index contributed by atoms with van der Waals surface area (Å²) in [5.74, 6) is 0.367. The number of piperidine rings is 1. The molecule has 0 saturated carbocycles. The second-order valence-electron chi connectivity index (χ2n) is 5.35. The third-order valence-electron chi connectivity index (χ3n) is 3.18. The van der Waals surface area contributed by atoms with Crippen LogP contribution in [0.25, 0.3) is 0 Å². The van der Waals surface area contributed by atoms with Gasteiger partial charge < -0.3 is 5.32 Å². The Morgan fingerprint density at radius 1 is 1.25 bits per heavy atom. The molecular weight excluding hydrogens is 295 g/mol. The maximum Gasteiger partial charge on any atom is 0.402 e. The quantitative estimate of drug-likeness (QED) is 0.771. The van der Waals surface area contributed by atoms with E-state index in [4.69, 9.17) is 0 Å². The molecule has 0 radical (unpaired) electrons.